The van der Waals surface area contributed by atoms with Crippen molar-refractivity contribution in [3.63, 3.8) is 0 Å². The Morgan fingerprint density at radius 1 is 1.03 bits per heavy atom. The molecule has 31 heavy (non-hydrogen) atoms. The molecule has 1 aliphatic rings. The average molecular weight is 405 g/mol. The Hall–Kier alpha value is -4.29. The maximum Gasteiger partial charge on any atom is 0.237 e. The number of hydrogen-bond acceptors (Lipinski definition) is 5. The van der Waals surface area contributed by atoms with E-state index in [1.54, 1.807) is 18.3 Å². The van der Waals surface area contributed by atoms with Gasteiger partial charge in [0.1, 0.15) is 23.5 Å². The van der Waals surface area contributed by atoms with Crippen LogP contribution in [0, 0.1) is 22.7 Å². The van der Waals surface area contributed by atoms with Gasteiger partial charge in [0.25, 0.3) is 0 Å². The second-order valence-electron chi connectivity index (χ2n) is 7.66. The van der Waals surface area contributed by atoms with Crippen LogP contribution in [-0.2, 0) is 0 Å². The van der Waals surface area contributed by atoms with Crippen LogP contribution in [0.25, 0.3) is 22.2 Å². The Kier molecular flexibility index (Phi) is 4.54. The Morgan fingerprint density at radius 3 is 2.52 bits per heavy atom. The minimum atomic E-state index is 0.269. The Bertz CT molecular complexity index is 1370. The number of hydrogen-bond donors (Lipinski definition) is 1. The maximum atomic E-state index is 10.0. The van der Waals surface area contributed by atoms with Crippen molar-refractivity contribution in [2.24, 2.45) is 0 Å². The van der Waals surface area contributed by atoms with Gasteiger partial charge in [0, 0.05) is 29.4 Å². The molecule has 6 heteroatoms. The average Bonchev–Trinajstić information content (AvgIpc) is 3.07. The molecule has 4 aromatic rings. The van der Waals surface area contributed by atoms with Crippen molar-refractivity contribution in [2.75, 3.05) is 5.73 Å². The van der Waals surface area contributed by atoms with Crippen LogP contribution in [0.15, 0.2) is 60.8 Å². The van der Waals surface area contributed by atoms with E-state index in [-0.39, 0.29) is 5.88 Å². The summed E-state index contributed by atoms with van der Waals surface area (Å²) in [4.78, 5) is 4.19. The molecule has 5 rings (SSSR count). The smallest absolute Gasteiger partial charge is 0.237 e. The first kappa shape index (κ1) is 18.7. The van der Waals surface area contributed by atoms with Crippen molar-refractivity contribution in [1.82, 2.24) is 9.55 Å². The number of ether oxygens (including phenoxy) is 1. The number of nitrogens with two attached hydrogens (primary N) is 1. The summed E-state index contributed by atoms with van der Waals surface area (Å²) in [6.07, 6.45) is 4.91. The molecule has 0 bridgehead atoms. The van der Waals surface area contributed by atoms with E-state index in [0.717, 1.165) is 35.0 Å². The predicted octanol–water partition coefficient (Wildman–Crippen LogP) is 5.55. The Morgan fingerprint density at radius 2 is 1.84 bits per heavy atom. The molecule has 0 radical (unpaired) electrons. The molecule has 1 saturated carbocycles. The fourth-order valence-corrected chi connectivity index (χ4v) is 4.08. The third-order valence-corrected chi connectivity index (χ3v) is 5.82. The number of nitrogen functional groups attached to an aromatic ring is 1. The van der Waals surface area contributed by atoms with Gasteiger partial charge in [0.15, 0.2) is 0 Å². The summed E-state index contributed by atoms with van der Waals surface area (Å²) in [5.41, 5.74) is 10.4. The van der Waals surface area contributed by atoms with Gasteiger partial charge >= 0.3 is 0 Å². The monoisotopic (exact) mass is 405 g/mol. The zero-order chi connectivity index (χ0) is 21.4. The van der Waals surface area contributed by atoms with Crippen LogP contribution in [0.4, 0.5) is 5.69 Å². The highest BCUT2D eigenvalue weighted by Gasteiger charge is 2.28. The first-order valence-electron chi connectivity index (χ1n) is 10.2. The molecule has 6 nitrogen and oxygen atoms in total. The lowest BCUT2D eigenvalue weighted by molar-refractivity contribution is 0.324. The summed E-state index contributed by atoms with van der Waals surface area (Å²) in [7, 11) is 0. The van der Waals surface area contributed by atoms with E-state index in [2.05, 4.69) is 21.7 Å². The SMILES string of the molecule is N#Cc1cccnc1Oc1ccc2c(C#N)c(-c3ccc(N)cc3)n(C3CCC3)c2c1. The lowest BCUT2D eigenvalue weighted by atomic mass is 9.92. The number of nitrogens with zero attached hydrogens (tertiary/aromatic N) is 4. The molecule has 0 unspecified atom stereocenters. The molecule has 150 valence electrons. The lowest BCUT2D eigenvalue weighted by Crippen LogP contribution is -2.17. The lowest BCUT2D eigenvalue weighted by Gasteiger charge is -2.30. The van der Waals surface area contributed by atoms with Crippen LogP contribution in [0.3, 0.4) is 0 Å². The molecule has 0 amide bonds. The van der Waals surface area contributed by atoms with Gasteiger partial charge in [-0.05, 0) is 61.2 Å². The van der Waals surface area contributed by atoms with E-state index < -0.39 is 0 Å². The molecule has 2 aromatic carbocycles. The van der Waals surface area contributed by atoms with E-state index in [4.69, 9.17) is 10.5 Å². The summed E-state index contributed by atoms with van der Waals surface area (Å²) in [6.45, 7) is 0. The number of rotatable bonds is 4. The van der Waals surface area contributed by atoms with Crippen molar-refractivity contribution in [3.8, 4) is 35.0 Å². The van der Waals surface area contributed by atoms with Gasteiger partial charge in [0.2, 0.25) is 5.88 Å². The number of fused-ring (bicyclic) bond motifs is 1. The Balaban J connectivity index is 1.70. The van der Waals surface area contributed by atoms with Gasteiger partial charge in [-0.1, -0.05) is 12.1 Å². The first-order valence-corrected chi connectivity index (χ1v) is 10.2. The molecule has 2 heterocycles. The first-order chi connectivity index (χ1) is 15.2. The predicted molar refractivity (Wildman–Crippen MR) is 118 cm³/mol. The van der Waals surface area contributed by atoms with Gasteiger partial charge in [-0.3, -0.25) is 0 Å². The van der Waals surface area contributed by atoms with E-state index in [1.807, 2.05) is 42.5 Å². The second-order valence-corrected chi connectivity index (χ2v) is 7.66. The molecule has 0 atom stereocenters. The number of aromatic nitrogens is 2. The summed E-state index contributed by atoms with van der Waals surface area (Å²) >= 11 is 0. The molecular formula is C25H19N5O. The fraction of sp³-hybridized carbons (Fsp3) is 0.160. The van der Waals surface area contributed by atoms with Crippen molar-refractivity contribution < 1.29 is 4.74 Å². The standard InChI is InChI=1S/C25H19N5O/c26-14-17-3-2-12-29-25(17)31-20-10-11-21-22(15-27)24(16-6-8-18(28)9-7-16)30(23(21)13-20)19-4-1-5-19/h2-3,6-13,19H,1,4-5,28H2. The van der Waals surface area contributed by atoms with Gasteiger partial charge in [-0.15, -0.1) is 0 Å². The summed E-state index contributed by atoms with van der Waals surface area (Å²) in [5.74, 6) is 0.847. The zero-order valence-corrected chi connectivity index (χ0v) is 16.7. The molecule has 0 spiro atoms. The van der Waals surface area contributed by atoms with E-state index in [9.17, 15) is 10.5 Å². The molecule has 0 aliphatic heterocycles. The minimum Gasteiger partial charge on any atom is -0.438 e. The van der Waals surface area contributed by atoms with E-state index >= 15 is 0 Å². The molecule has 1 aliphatic carbocycles. The van der Waals surface area contributed by atoms with Gasteiger partial charge in [-0.25, -0.2) is 4.98 Å². The highest BCUT2D eigenvalue weighted by molar-refractivity contribution is 5.95. The third kappa shape index (κ3) is 3.15. The van der Waals surface area contributed by atoms with E-state index in [0.29, 0.717) is 28.6 Å². The summed E-state index contributed by atoms with van der Waals surface area (Å²) in [6, 6.07) is 21.5. The van der Waals surface area contributed by atoms with Crippen molar-refractivity contribution >= 4 is 16.6 Å². The van der Waals surface area contributed by atoms with Crippen molar-refractivity contribution in [1.29, 1.82) is 10.5 Å². The Labute approximate surface area is 179 Å². The number of nitriles is 2. The van der Waals surface area contributed by atoms with Crippen molar-refractivity contribution in [3.05, 3.63) is 71.9 Å². The normalized spacial score (nSPS) is 13.4. The molecule has 2 aromatic heterocycles. The van der Waals surface area contributed by atoms with Crippen LogP contribution >= 0.6 is 0 Å². The molecule has 1 fully saturated rings. The highest BCUT2D eigenvalue weighted by atomic mass is 16.5. The zero-order valence-electron chi connectivity index (χ0n) is 16.7. The van der Waals surface area contributed by atoms with Crippen LogP contribution in [0.1, 0.15) is 36.4 Å². The molecule has 0 saturated heterocycles. The van der Waals surface area contributed by atoms with Crippen LogP contribution in [-0.4, -0.2) is 9.55 Å². The largest absolute Gasteiger partial charge is 0.438 e. The quantitative estimate of drug-likeness (QED) is 0.449. The van der Waals surface area contributed by atoms with Crippen molar-refractivity contribution in [2.45, 2.75) is 25.3 Å². The van der Waals surface area contributed by atoms with Crippen LogP contribution in [0.2, 0.25) is 0 Å². The third-order valence-electron chi connectivity index (χ3n) is 5.82. The van der Waals surface area contributed by atoms with E-state index in [1.165, 1.54) is 6.42 Å². The highest BCUT2D eigenvalue weighted by Crippen LogP contribution is 2.43. The topological polar surface area (TPSA) is 101 Å². The summed E-state index contributed by atoms with van der Waals surface area (Å²) in [5, 5.41) is 20.2. The van der Waals surface area contributed by atoms with Gasteiger partial charge in [0.05, 0.1) is 16.8 Å². The maximum absolute atomic E-state index is 10.0. The second kappa shape index (κ2) is 7.51. The fourth-order valence-electron chi connectivity index (χ4n) is 4.08. The number of anilines is 1. The molecular weight excluding hydrogens is 386 g/mol. The van der Waals surface area contributed by atoms with Gasteiger partial charge < -0.3 is 15.0 Å². The minimum absolute atomic E-state index is 0.269. The number of benzene rings is 2. The summed E-state index contributed by atoms with van der Waals surface area (Å²) < 4.78 is 8.22. The number of pyridine rings is 1. The van der Waals surface area contributed by atoms with Crippen LogP contribution in [0.5, 0.6) is 11.6 Å². The van der Waals surface area contributed by atoms with Crippen LogP contribution < -0.4 is 10.5 Å². The molecule has 2 N–H and O–H groups in total. The van der Waals surface area contributed by atoms with Gasteiger partial charge in [-0.2, -0.15) is 10.5 Å².